The molecule has 0 aromatic carbocycles. The fourth-order valence-corrected chi connectivity index (χ4v) is 0.437. The average Bonchev–Trinajstić information content (AvgIpc) is 2.01. The number of nitrogens with zero attached hydrogens (tertiary/aromatic N) is 1. The number of nitrogens with two attached hydrogens (primary N) is 1. The second-order valence-electron chi connectivity index (χ2n) is 1.78. The maximum absolute atomic E-state index is 10.6. The largest absolute Gasteiger partial charge is 0.370 e. The molecule has 5 heteroatoms. The number of carbonyl (C=O) groups is 1. The Morgan fingerprint density at radius 3 is 3.00 bits per heavy atom. The predicted molar refractivity (Wildman–Crippen MR) is 38.5 cm³/mol. The number of hydrogen-bond acceptors (Lipinski definition) is 4. The first-order chi connectivity index (χ1) is 5.31. The van der Waals surface area contributed by atoms with Gasteiger partial charge in [0.05, 0.1) is 12.7 Å². The van der Waals surface area contributed by atoms with Crippen molar-refractivity contribution in [3.8, 4) is 6.07 Å². The summed E-state index contributed by atoms with van der Waals surface area (Å²) in [6.07, 6.45) is 0. The molecule has 0 bridgehead atoms. The first kappa shape index (κ1) is 9.88. The van der Waals surface area contributed by atoms with Gasteiger partial charge in [-0.05, 0) is 0 Å². The predicted octanol–water partition coefficient (Wildman–Crippen LogP) is -1.40. The summed E-state index contributed by atoms with van der Waals surface area (Å²) in [6.45, 7) is 0.745. The zero-order valence-corrected chi connectivity index (χ0v) is 6.17. The molecule has 11 heavy (non-hydrogen) atoms. The van der Waals surface area contributed by atoms with Crippen LogP contribution in [0.1, 0.15) is 0 Å². The van der Waals surface area contributed by atoms with Crippen LogP contribution in [0.5, 0.6) is 0 Å². The van der Waals surface area contributed by atoms with E-state index in [0.717, 1.165) is 0 Å². The van der Waals surface area contributed by atoms with Crippen molar-refractivity contribution < 1.29 is 9.53 Å². The number of nitriles is 1. The Labute approximate surface area is 65.1 Å². The maximum Gasteiger partial charge on any atom is 0.246 e. The monoisotopic (exact) mass is 157 g/mol. The van der Waals surface area contributed by atoms with Crippen LogP contribution < -0.4 is 11.1 Å². The van der Waals surface area contributed by atoms with E-state index in [-0.39, 0.29) is 19.1 Å². The van der Waals surface area contributed by atoms with Crippen LogP contribution in [0.3, 0.4) is 0 Å². The summed E-state index contributed by atoms with van der Waals surface area (Å²) in [5.74, 6) is -0.292. The number of amides is 1. The van der Waals surface area contributed by atoms with E-state index >= 15 is 0 Å². The summed E-state index contributed by atoms with van der Waals surface area (Å²) in [4.78, 5) is 10.6. The first-order valence-corrected chi connectivity index (χ1v) is 3.22. The van der Waals surface area contributed by atoms with Gasteiger partial charge in [0.1, 0.15) is 13.2 Å². The third-order valence-corrected chi connectivity index (χ3v) is 0.860. The molecule has 0 saturated carbocycles. The van der Waals surface area contributed by atoms with E-state index in [1.807, 2.05) is 0 Å². The number of hydrogen-bond donors (Lipinski definition) is 2. The number of nitrogens with one attached hydrogen (secondary N) is 1. The molecular weight excluding hydrogens is 146 g/mol. The van der Waals surface area contributed by atoms with Gasteiger partial charge in [-0.15, -0.1) is 0 Å². The Balaban J connectivity index is 3.17. The first-order valence-electron chi connectivity index (χ1n) is 3.22. The van der Waals surface area contributed by atoms with E-state index in [1.165, 1.54) is 0 Å². The fraction of sp³-hybridized carbons (Fsp3) is 0.667. The molecule has 0 aliphatic heterocycles. The van der Waals surface area contributed by atoms with Gasteiger partial charge < -0.3 is 15.8 Å². The Hall–Kier alpha value is -1.12. The highest BCUT2D eigenvalue weighted by molar-refractivity contribution is 5.77. The number of rotatable bonds is 5. The lowest BCUT2D eigenvalue weighted by Crippen LogP contribution is -2.28. The molecule has 0 atom stereocenters. The zero-order chi connectivity index (χ0) is 8.53. The lowest BCUT2D eigenvalue weighted by molar-refractivity contribution is -0.125. The van der Waals surface area contributed by atoms with Gasteiger partial charge in [0, 0.05) is 6.54 Å². The maximum atomic E-state index is 10.6. The summed E-state index contributed by atoms with van der Waals surface area (Å²) in [7, 11) is 0. The van der Waals surface area contributed by atoms with E-state index in [0.29, 0.717) is 13.2 Å². The van der Waals surface area contributed by atoms with Gasteiger partial charge in [-0.1, -0.05) is 0 Å². The van der Waals surface area contributed by atoms with Gasteiger partial charge in [-0.25, -0.2) is 0 Å². The van der Waals surface area contributed by atoms with Crippen molar-refractivity contribution in [3.05, 3.63) is 0 Å². The highest BCUT2D eigenvalue weighted by Gasteiger charge is 1.97. The number of carbonyl (C=O) groups excluding carboxylic acids is 1. The van der Waals surface area contributed by atoms with Crippen LogP contribution in [0.2, 0.25) is 0 Å². The summed E-state index contributed by atoms with van der Waals surface area (Å²) in [5, 5.41) is 10.4. The second-order valence-corrected chi connectivity index (χ2v) is 1.78. The minimum atomic E-state index is -0.292. The normalized spacial score (nSPS) is 8.73. The van der Waals surface area contributed by atoms with Gasteiger partial charge in [0.25, 0.3) is 0 Å². The Kier molecular flexibility index (Phi) is 6.28. The Morgan fingerprint density at radius 2 is 2.45 bits per heavy atom. The molecule has 0 unspecified atom stereocenters. The van der Waals surface area contributed by atoms with Crippen molar-refractivity contribution in [3.63, 3.8) is 0 Å². The topological polar surface area (TPSA) is 88.1 Å². The van der Waals surface area contributed by atoms with Crippen molar-refractivity contribution >= 4 is 5.91 Å². The molecule has 0 fully saturated rings. The van der Waals surface area contributed by atoms with Crippen LogP contribution in [-0.4, -0.2) is 32.2 Å². The van der Waals surface area contributed by atoms with Gasteiger partial charge >= 0.3 is 0 Å². The van der Waals surface area contributed by atoms with E-state index < -0.39 is 0 Å². The molecule has 0 saturated heterocycles. The SMILES string of the molecule is N#CCNC(=O)COCCN. The molecule has 0 aliphatic carbocycles. The van der Waals surface area contributed by atoms with Crippen LogP contribution in [0.25, 0.3) is 0 Å². The molecule has 0 aromatic heterocycles. The van der Waals surface area contributed by atoms with Crippen LogP contribution in [-0.2, 0) is 9.53 Å². The third-order valence-electron chi connectivity index (χ3n) is 0.860. The summed E-state index contributed by atoms with van der Waals surface area (Å²) < 4.78 is 4.80. The van der Waals surface area contributed by atoms with Crippen LogP contribution in [0.4, 0.5) is 0 Å². The zero-order valence-electron chi connectivity index (χ0n) is 6.17. The van der Waals surface area contributed by atoms with E-state index in [1.54, 1.807) is 6.07 Å². The summed E-state index contributed by atoms with van der Waals surface area (Å²) >= 11 is 0. The minimum Gasteiger partial charge on any atom is -0.370 e. The molecule has 5 nitrogen and oxygen atoms in total. The fourth-order valence-electron chi connectivity index (χ4n) is 0.437. The van der Waals surface area contributed by atoms with Gasteiger partial charge in [0.2, 0.25) is 5.91 Å². The van der Waals surface area contributed by atoms with Gasteiger partial charge in [-0.2, -0.15) is 5.26 Å². The molecule has 1 amide bonds. The highest BCUT2D eigenvalue weighted by atomic mass is 16.5. The lowest BCUT2D eigenvalue weighted by Gasteiger charge is -2.00. The summed E-state index contributed by atoms with van der Waals surface area (Å²) in [5.41, 5.74) is 5.11. The minimum absolute atomic E-state index is 0.0187. The molecule has 0 rings (SSSR count). The molecule has 0 aliphatic rings. The molecule has 0 radical (unpaired) electrons. The standard InChI is InChI=1S/C6H11N3O2/c7-1-3-9-6(10)5-11-4-2-8/h2-5,8H2,(H,9,10). The molecule has 0 heterocycles. The average molecular weight is 157 g/mol. The smallest absolute Gasteiger partial charge is 0.246 e. The molecule has 0 spiro atoms. The Morgan fingerprint density at radius 1 is 1.73 bits per heavy atom. The molecule has 3 N–H and O–H groups in total. The van der Waals surface area contributed by atoms with Crippen molar-refractivity contribution in [2.45, 2.75) is 0 Å². The van der Waals surface area contributed by atoms with E-state index in [4.69, 9.17) is 15.7 Å². The Bertz CT molecular complexity index is 152. The van der Waals surface area contributed by atoms with Crippen LogP contribution >= 0.6 is 0 Å². The van der Waals surface area contributed by atoms with Crippen LogP contribution in [0, 0.1) is 11.3 Å². The number of ether oxygens (including phenoxy) is 1. The van der Waals surface area contributed by atoms with Crippen molar-refractivity contribution in [1.29, 1.82) is 5.26 Å². The molecule has 62 valence electrons. The second kappa shape index (κ2) is 6.99. The van der Waals surface area contributed by atoms with Gasteiger partial charge in [-0.3, -0.25) is 4.79 Å². The molecule has 0 aromatic rings. The van der Waals surface area contributed by atoms with Crippen molar-refractivity contribution in [1.82, 2.24) is 5.32 Å². The summed E-state index contributed by atoms with van der Waals surface area (Å²) in [6, 6.07) is 1.78. The lowest BCUT2D eigenvalue weighted by atomic mass is 10.6. The van der Waals surface area contributed by atoms with Gasteiger partial charge in [0.15, 0.2) is 0 Å². The third kappa shape index (κ3) is 6.77. The van der Waals surface area contributed by atoms with E-state index in [9.17, 15) is 4.79 Å². The van der Waals surface area contributed by atoms with E-state index in [2.05, 4.69) is 5.32 Å². The quantitative estimate of drug-likeness (QED) is 0.379. The van der Waals surface area contributed by atoms with Crippen molar-refractivity contribution in [2.75, 3.05) is 26.3 Å². The van der Waals surface area contributed by atoms with Crippen LogP contribution in [0.15, 0.2) is 0 Å². The van der Waals surface area contributed by atoms with Crippen molar-refractivity contribution in [2.24, 2.45) is 5.73 Å². The highest BCUT2D eigenvalue weighted by Crippen LogP contribution is 1.72. The molecular formula is C6H11N3O2.